The van der Waals surface area contributed by atoms with Gasteiger partial charge in [-0.15, -0.1) is 0 Å². The van der Waals surface area contributed by atoms with E-state index in [1.54, 1.807) is 9.80 Å². The van der Waals surface area contributed by atoms with Crippen LogP contribution < -0.4 is 4.90 Å². The van der Waals surface area contributed by atoms with Crippen molar-refractivity contribution in [3.8, 4) is 0 Å². The van der Waals surface area contributed by atoms with Crippen LogP contribution in [-0.4, -0.2) is 65.5 Å². The van der Waals surface area contributed by atoms with E-state index in [0.29, 0.717) is 24.9 Å². The molecule has 0 spiro atoms. The number of nitrogens with zero attached hydrogens (tertiary/aromatic N) is 5. The van der Waals surface area contributed by atoms with Crippen LogP contribution in [0.2, 0.25) is 0 Å². The van der Waals surface area contributed by atoms with Gasteiger partial charge < -0.3 is 19.2 Å². The number of amides is 2. The second-order valence-electron chi connectivity index (χ2n) is 5.63. The molecule has 0 radical (unpaired) electrons. The van der Waals surface area contributed by atoms with Crippen molar-refractivity contribution < 1.29 is 14.1 Å². The quantitative estimate of drug-likeness (QED) is 0.722. The maximum absolute atomic E-state index is 12.6. The predicted octanol–water partition coefficient (Wildman–Crippen LogP) is 0.834. The van der Waals surface area contributed by atoms with Gasteiger partial charge in [-0.25, -0.2) is 0 Å². The van der Waals surface area contributed by atoms with Gasteiger partial charge in [-0.2, -0.15) is 4.98 Å². The van der Waals surface area contributed by atoms with Gasteiger partial charge in [0.1, 0.15) is 12.6 Å². The first-order valence-corrected chi connectivity index (χ1v) is 7.69. The van der Waals surface area contributed by atoms with E-state index in [1.807, 2.05) is 21.0 Å². The SMILES string of the molecule is C=CC(=O)N(CC)CC(=O)N1CCCC1c1nc(N(C)C)no1. The van der Waals surface area contributed by atoms with Crippen LogP contribution in [0.4, 0.5) is 5.95 Å². The summed E-state index contributed by atoms with van der Waals surface area (Å²) in [5.41, 5.74) is 0. The molecule has 23 heavy (non-hydrogen) atoms. The molecule has 0 N–H and O–H groups in total. The topological polar surface area (TPSA) is 82.8 Å². The highest BCUT2D eigenvalue weighted by Gasteiger charge is 2.34. The number of likely N-dealkylation sites (tertiary alicyclic amines) is 1. The van der Waals surface area contributed by atoms with Crippen molar-refractivity contribution in [3.63, 3.8) is 0 Å². The van der Waals surface area contributed by atoms with Crippen molar-refractivity contribution in [3.05, 3.63) is 18.5 Å². The van der Waals surface area contributed by atoms with E-state index in [9.17, 15) is 9.59 Å². The van der Waals surface area contributed by atoms with Gasteiger partial charge in [0.25, 0.3) is 11.8 Å². The molecule has 1 saturated heterocycles. The normalized spacial score (nSPS) is 17.2. The smallest absolute Gasteiger partial charge is 0.265 e. The molecule has 0 saturated carbocycles. The van der Waals surface area contributed by atoms with E-state index in [2.05, 4.69) is 16.7 Å². The number of anilines is 1. The van der Waals surface area contributed by atoms with E-state index < -0.39 is 0 Å². The number of carbonyl (C=O) groups excluding carboxylic acids is 2. The van der Waals surface area contributed by atoms with Crippen LogP contribution >= 0.6 is 0 Å². The molecule has 0 bridgehead atoms. The van der Waals surface area contributed by atoms with E-state index in [0.717, 1.165) is 12.8 Å². The Morgan fingerprint density at radius 3 is 2.78 bits per heavy atom. The molecule has 1 unspecified atom stereocenters. The summed E-state index contributed by atoms with van der Waals surface area (Å²) in [6.45, 7) is 6.41. The number of carbonyl (C=O) groups is 2. The summed E-state index contributed by atoms with van der Waals surface area (Å²) in [5, 5.41) is 3.90. The lowest BCUT2D eigenvalue weighted by atomic mass is 10.2. The first kappa shape index (κ1) is 17.0. The van der Waals surface area contributed by atoms with Gasteiger partial charge in [-0.05, 0) is 31.0 Å². The lowest BCUT2D eigenvalue weighted by molar-refractivity contribution is -0.139. The van der Waals surface area contributed by atoms with Crippen molar-refractivity contribution in [2.75, 3.05) is 38.6 Å². The summed E-state index contributed by atoms with van der Waals surface area (Å²) in [7, 11) is 3.65. The van der Waals surface area contributed by atoms with Crippen molar-refractivity contribution in [1.82, 2.24) is 19.9 Å². The Hall–Kier alpha value is -2.38. The fourth-order valence-electron chi connectivity index (χ4n) is 2.59. The molecule has 1 fully saturated rings. The lowest BCUT2D eigenvalue weighted by Gasteiger charge is -2.26. The molecule has 1 aliphatic heterocycles. The van der Waals surface area contributed by atoms with Crippen LogP contribution in [0, 0.1) is 0 Å². The molecule has 1 aromatic rings. The van der Waals surface area contributed by atoms with Crippen molar-refractivity contribution >= 4 is 17.8 Å². The van der Waals surface area contributed by atoms with Crippen LogP contribution in [0.15, 0.2) is 17.2 Å². The molecule has 1 aromatic heterocycles. The van der Waals surface area contributed by atoms with Crippen molar-refractivity contribution in [1.29, 1.82) is 0 Å². The third-order valence-electron chi connectivity index (χ3n) is 3.88. The second-order valence-corrected chi connectivity index (χ2v) is 5.63. The van der Waals surface area contributed by atoms with Gasteiger partial charge in [0.05, 0.1) is 0 Å². The Morgan fingerprint density at radius 1 is 1.48 bits per heavy atom. The number of rotatable bonds is 6. The minimum absolute atomic E-state index is 0.0343. The molecule has 2 rings (SSSR count). The molecule has 126 valence electrons. The zero-order valence-electron chi connectivity index (χ0n) is 13.9. The monoisotopic (exact) mass is 321 g/mol. The highest BCUT2D eigenvalue weighted by Crippen LogP contribution is 2.31. The average Bonchev–Trinajstić information content (AvgIpc) is 3.19. The molecule has 1 aliphatic rings. The van der Waals surface area contributed by atoms with Crippen LogP contribution in [-0.2, 0) is 9.59 Å². The summed E-state index contributed by atoms with van der Waals surface area (Å²) in [5.74, 6) is 0.562. The molecular formula is C15H23N5O3. The summed E-state index contributed by atoms with van der Waals surface area (Å²) in [4.78, 5) is 33.5. The first-order valence-electron chi connectivity index (χ1n) is 7.69. The Bertz CT molecular complexity index is 583. The van der Waals surface area contributed by atoms with Crippen LogP contribution in [0.3, 0.4) is 0 Å². The number of likely N-dealkylation sites (N-methyl/N-ethyl adjacent to an activating group) is 1. The lowest BCUT2D eigenvalue weighted by Crippen LogP contribution is -2.42. The van der Waals surface area contributed by atoms with Gasteiger partial charge in [0.2, 0.25) is 11.8 Å². The summed E-state index contributed by atoms with van der Waals surface area (Å²) >= 11 is 0. The maximum atomic E-state index is 12.6. The van der Waals surface area contributed by atoms with Crippen molar-refractivity contribution in [2.45, 2.75) is 25.8 Å². The minimum atomic E-state index is -0.246. The van der Waals surface area contributed by atoms with Crippen LogP contribution in [0.25, 0.3) is 0 Å². The van der Waals surface area contributed by atoms with E-state index in [1.165, 1.54) is 11.0 Å². The molecule has 0 aromatic carbocycles. The first-order chi connectivity index (χ1) is 11.0. The number of hydrogen-bond donors (Lipinski definition) is 0. The van der Waals surface area contributed by atoms with Crippen LogP contribution in [0.5, 0.6) is 0 Å². The van der Waals surface area contributed by atoms with Crippen LogP contribution in [0.1, 0.15) is 31.7 Å². The molecule has 8 nitrogen and oxygen atoms in total. The molecule has 8 heteroatoms. The Balaban J connectivity index is 2.09. The Kier molecular flexibility index (Phi) is 5.36. The zero-order chi connectivity index (χ0) is 17.0. The second kappa shape index (κ2) is 7.26. The zero-order valence-corrected chi connectivity index (χ0v) is 13.9. The van der Waals surface area contributed by atoms with Crippen molar-refractivity contribution in [2.24, 2.45) is 0 Å². The Labute approximate surface area is 135 Å². The number of hydrogen-bond acceptors (Lipinski definition) is 6. The third-order valence-corrected chi connectivity index (χ3v) is 3.88. The average molecular weight is 321 g/mol. The fourth-order valence-corrected chi connectivity index (χ4v) is 2.59. The standard InChI is InChI=1S/C15H23N5O3/c1-5-12(21)19(6-2)10-13(22)20-9-7-8-11(20)14-16-15(17-23-14)18(3)4/h5,11H,1,6-10H2,2-4H3. The molecular weight excluding hydrogens is 298 g/mol. The summed E-state index contributed by atoms with van der Waals surface area (Å²) in [6.07, 6.45) is 2.87. The largest absolute Gasteiger partial charge is 0.344 e. The fraction of sp³-hybridized carbons (Fsp3) is 0.600. The minimum Gasteiger partial charge on any atom is -0.344 e. The molecule has 2 amide bonds. The molecule has 2 heterocycles. The van der Waals surface area contributed by atoms with E-state index in [4.69, 9.17) is 4.52 Å². The molecule has 0 aliphatic carbocycles. The highest BCUT2D eigenvalue weighted by molar-refractivity contribution is 5.91. The predicted molar refractivity (Wildman–Crippen MR) is 84.8 cm³/mol. The molecule has 1 atom stereocenters. The number of aromatic nitrogens is 2. The maximum Gasteiger partial charge on any atom is 0.265 e. The van der Waals surface area contributed by atoms with Gasteiger partial charge in [0, 0.05) is 27.2 Å². The summed E-state index contributed by atoms with van der Waals surface area (Å²) < 4.78 is 5.30. The van der Waals surface area contributed by atoms with Gasteiger partial charge in [0.15, 0.2) is 0 Å². The van der Waals surface area contributed by atoms with E-state index in [-0.39, 0.29) is 24.4 Å². The van der Waals surface area contributed by atoms with Gasteiger partial charge >= 0.3 is 0 Å². The van der Waals surface area contributed by atoms with Gasteiger partial charge in [-0.3, -0.25) is 9.59 Å². The third kappa shape index (κ3) is 3.69. The highest BCUT2D eigenvalue weighted by atomic mass is 16.5. The van der Waals surface area contributed by atoms with Gasteiger partial charge in [-0.1, -0.05) is 6.58 Å². The van der Waals surface area contributed by atoms with E-state index >= 15 is 0 Å². The Morgan fingerprint density at radius 2 is 2.22 bits per heavy atom. The summed E-state index contributed by atoms with van der Waals surface area (Å²) in [6, 6.07) is -0.221.